The third-order valence-electron chi connectivity index (χ3n) is 5.42. The van der Waals surface area contributed by atoms with E-state index in [1.807, 2.05) is 24.3 Å². The summed E-state index contributed by atoms with van der Waals surface area (Å²) < 4.78 is 0. The Labute approximate surface area is 177 Å². The number of aromatic nitrogens is 6. The van der Waals surface area contributed by atoms with Crippen LogP contribution in [0.2, 0.25) is 0 Å². The van der Waals surface area contributed by atoms with Crippen LogP contribution >= 0.6 is 0 Å². The van der Waals surface area contributed by atoms with Crippen LogP contribution in [-0.4, -0.2) is 30.1 Å². The second kappa shape index (κ2) is 6.77. The Bertz CT molecular complexity index is 1550. The van der Waals surface area contributed by atoms with Gasteiger partial charge in [-0.25, -0.2) is 4.98 Å². The second-order valence-electron chi connectivity index (χ2n) is 7.39. The first kappa shape index (κ1) is 17.3. The van der Waals surface area contributed by atoms with E-state index in [9.17, 15) is 0 Å². The minimum Gasteiger partial charge on any atom is -0.397 e. The lowest BCUT2D eigenvalue weighted by Crippen LogP contribution is -1.88. The van der Waals surface area contributed by atoms with Gasteiger partial charge in [0.25, 0.3) is 0 Å². The molecule has 0 bridgehead atoms. The topological polar surface area (TPSA) is 109 Å². The molecule has 0 spiro atoms. The first-order valence-corrected chi connectivity index (χ1v) is 9.84. The molecule has 0 saturated carbocycles. The van der Waals surface area contributed by atoms with E-state index in [2.05, 4.69) is 54.4 Å². The summed E-state index contributed by atoms with van der Waals surface area (Å²) in [5, 5.41) is 9.64. The summed E-state index contributed by atoms with van der Waals surface area (Å²) in [6.07, 6.45) is 8.82. The van der Waals surface area contributed by atoms with Crippen molar-refractivity contribution in [3.8, 4) is 33.6 Å². The summed E-state index contributed by atoms with van der Waals surface area (Å²) in [5.41, 5.74) is 14.1. The van der Waals surface area contributed by atoms with Crippen molar-refractivity contribution in [1.29, 1.82) is 0 Å². The van der Waals surface area contributed by atoms with Crippen molar-refractivity contribution in [3.05, 3.63) is 79.5 Å². The van der Waals surface area contributed by atoms with E-state index in [-0.39, 0.29) is 0 Å². The molecular weight excluding hydrogens is 386 g/mol. The number of anilines is 1. The van der Waals surface area contributed by atoms with E-state index >= 15 is 0 Å². The molecule has 0 fully saturated rings. The van der Waals surface area contributed by atoms with Crippen LogP contribution in [0.25, 0.3) is 55.6 Å². The van der Waals surface area contributed by atoms with Gasteiger partial charge in [0.1, 0.15) is 5.69 Å². The molecule has 148 valence electrons. The molecule has 1 aromatic carbocycles. The van der Waals surface area contributed by atoms with Crippen LogP contribution in [0.5, 0.6) is 0 Å². The number of fused-ring (bicyclic) bond motifs is 2. The smallest absolute Gasteiger partial charge is 0.155 e. The Morgan fingerprint density at radius 1 is 0.774 bits per heavy atom. The highest BCUT2D eigenvalue weighted by molar-refractivity contribution is 6.01. The number of nitrogens with zero attached hydrogens (tertiary/aromatic N) is 4. The van der Waals surface area contributed by atoms with Crippen LogP contribution in [0, 0.1) is 0 Å². The van der Waals surface area contributed by atoms with E-state index in [1.165, 1.54) is 0 Å². The van der Waals surface area contributed by atoms with Crippen molar-refractivity contribution in [1.82, 2.24) is 30.1 Å². The average Bonchev–Trinajstić information content (AvgIpc) is 3.43. The number of H-pyrrole nitrogens is 2. The maximum absolute atomic E-state index is 5.90. The Kier molecular flexibility index (Phi) is 3.79. The molecule has 5 aromatic heterocycles. The number of nitrogen functional groups attached to an aromatic ring is 1. The lowest BCUT2D eigenvalue weighted by Gasteiger charge is -2.02. The van der Waals surface area contributed by atoms with Gasteiger partial charge >= 0.3 is 0 Å². The molecule has 4 N–H and O–H groups in total. The lowest BCUT2D eigenvalue weighted by molar-refractivity contribution is 1.10. The number of nitrogens with two attached hydrogens (primary N) is 1. The summed E-state index contributed by atoms with van der Waals surface area (Å²) >= 11 is 0. The number of nitrogens with one attached hydrogen (secondary N) is 2. The van der Waals surface area contributed by atoms with Gasteiger partial charge in [0.15, 0.2) is 5.65 Å². The fourth-order valence-corrected chi connectivity index (χ4v) is 3.95. The zero-order valence-electron chi connectivity index (χ0n) is 16.4. The summed E-state index contributed by atoms with van der Waals surface area (Å²) in [6.45, 7) is 0. The Hall–Kier alpha value is -4.52. The van der Waals surface area contributed by atoms with Crippen LogP contribution in [0.3, 0.4) is 0 Å². The largest absolute Gasteiger partial charge is 0.397 e. The zero-order chi connectivity index (χ0) is 20.8. The molecule has 0 aliphatic carbocycles. The Morgan fingerprint density at radius 2 is 1.65 bits per heavy atom. The normalized spacial score (nSPS) is 11.4. The Balaban J connectivity index is 1.51. The molecule has 0 aliphatic rings. The summed E-state index contributed by atoms with van der Waals surface area (Å²) in [7, 11) is 0. The van der Waals surface area contributed by atoms with Crippen molar-refractivity contribution in [2.45, 2.75) is 0 Å². The standard InChI is InChI=1S/C24H17N7/c25-17-8-15(11-27-13-17)16-9-20-23(30-31-24(20)28-12-16)22-10-19-18(2-1-3-21(19)29-22)14-4-6-26-7-5-14/h1-13,29H,25H2,(H,28,30,31). The molecule has 31 heavy (non-hydrogen) atoms. The van der Waals surface area contributed by atoms with Crippen LogP contribution < -0.4 is 5.73 Å². The van der Waals surface area contributed by atoms with E-state index in [0.29, 0.717) is 5.69 Å². The molecule has 5 heterocycles. The third-order valence-corrected chi connectivity index (χ3v) is 5.42. The average molecular weight is 403 g/mol. The highest BCUT2D eigenvalue weighted by Crippen LogP contribution is 2.34. The van der Waals surface area contributed by atoms with Crippen molar-refractivity contribution in [2.75, 3.05) is 5.73 Å². The maximum atomic E-state index is 5.90. The quantitative estimate of drug-likeness (QED) is 0.393. The van der Waals surface area contributed by atoms with Gasteiger partial charge in [-0.15, -0.1) is 0 Å². The van der Waals surface area contributed by atoms with Gasteiger partial charge in [0, 0.05) is 58.4 Å². The van der Waals surface area contributed by atoms with E-state index in [4.69, 9.17) is 5.73 Å². The Morgan fingerprint density at radius 3 is 2.52 bits per heavy atom. The molecule has 6 rings (SSSR count). The van der Waals surface area contributed by atoms with Gasteiger partial charge in [0.05, 0.1) is 11.4 Å². The SMILES string of the molecule is Nc1cncc(-c2cnc3[nH]nc(-c4cc5c(-c6ccncc6)cccc5[nH]4)c3c2)c1. The highest BCUT2D eigenvalue weighted by Gasteiger charge is 2.15. The summed E-state index contributed by atoms with van der Waals surface area (Å²) in [4.78, 5) is 16.4. The molecule has 6 aromatic rings. The van der Waals surface area contributed by atoms with Gasteiger partial charge < -0.3 is 10.7 Å². The number of hydrogen-bond donors (Lipinski definition) is 3. The van der Waals surface area contributed by atoms with Gasteiger partial charge in [-0.2, -0.15) is 5.10 Å². The molecule has 0 amide bonds. The van der Waals surface area contributed by atoms with Crippen molar-refractivity contribution in [2.24, 2.45) is 0 Å². The molecule has 0 atom stereocenters. The predicted octanol–water partition coefficient (Wildman–Crippen LogP) is 4.81. The number of rotatable bonds is 3. The lowest BCUT2D eigenvalue weighted by atomic mass is 10.0. The number of pyridine rings is 3. The van der Waals surface area contributed by atoms with E-state index in [1.54, 1.807) is 31.0 Å². The number of benzene rings is 1. The van der Waals surface area contributed by atoms with Crippen LogP contribution in [0.15, 0.2) is 79.5 Å². The van der Waals surface area contributed by atoms with E-state index < -0.39 is 0 Å². The van der Waals surface area contributed by atoms with Gasteiger partial charge in [-0.1, -0.05) is 12.1 Å². The molecule has 0 saturated heterocycles. The first-order valence-electron chi connectivity index (χ1n) is 9.84. The summed E-state index contributed by atoms with van der Waals surface area (Å²) in [6, 6.07) is 16.3. The van der Waals surface area contributed by atoms with Gasteiger partial charge in [-0.05, 0) is 47.5 Å². The molecule has 0 aliphatic heterocycles. The highest BCUT2D eigenvalue weighted by atomic mass is 15.2. The van der Waals surface area contributed by atoms with Crippen LogP contribution in [0.4, 0.5) is 5.69 Å². The molecule has 7 heteroatoms. The number of hydrogen-bond acceptors (Lipinski definition) is 5. The molecule has 7 nitrogen and oxygen atoms in total. The van der Waals surface area contributed by atoms with Crippen molar-refractivity contribution < 1.29 is 0 Å². The van der Waals surface area contributed by atoms with Gasteiger partial charge in [0.2, 0.25) is 0 Å². The fourth-order valence-electron chi connectivity index (χ4n) is 3.95. The van der Waals surface area contributed by atoms with E-state index in [0.717, 1.165) is 55.6 Å². The maximum Gasteiger partial charge on any atom is 0.155 e. The third kappa shape index (κ3) is 2.91. The summed E-state index contributed by atoms with van der Waals surface area (Å²) in [5.74, 6) is 0. The van der Waals surface area contributed by atoms with Crippen molar-refractivity contribution in [3.63, 3.8) is 0 Å². The van der Waals surface area contributed by atoms with Gasteiger partial charge in [-0.3, -0.25) is 15.1 Å². The predicted molar refractivity (Wildman–Crippen MR) is 122 cm³/mol. The minimum absolute atomic E-state index is 0.615. The molecular formula is C24H17N7. The molecule has 0 unspecified atom stereocenters. The minimum atomic E-state index is 0.615. The monoisotopic (exact) mass is 403 g/mol. The fraction of sp³-hybridized carbons (Fsp3) is 0. The van der Waals surface area contributed by atoms with Crippen LogP contribution in [-0.2, 0) is 0 Å². The van der Waals surface area contributed by atoms with Crippen LogP contribution in [0.1, 0.15) is 0 Å². The van der Waals surface area contributed by atoms with Crippen molar-refractivity contribution >= 4 is 27.6 Å². The second-order valence-corrected chi connectivity index (χ2v) is 7.39. The zero-order valence-corrected chi connectivity index (χ0v) is 16.4. The number of aromatic amines is 2. The first-order chi connectivity index (χ1) is 15.3. The molecule has 0 radical (unpaired) electrons.